The zero-order valence-electron chi connectivity index (χ0n) is 12.5. The smallest absolute Gasteiger partial charge is 0.274 e. The van der Waals surface area contributed by atoms with Crippen molar-refractivity contribution in [2.75, 3.05) is 33.2 Å². The average molecular weight is 277 g/mol. The SMILES string of the molecule is CN1CCN(C(=O)c2ncn3c2CNCC3)CC1(C)C. The highest BCUT2D eigenvalue weighted by atomic mass is 16.2. The van der Waals surface area contributed by atoms with Crippen molar-refractivity contribution in [2.45, 2.75) is 32.5 Å². The number of amides is 1. The molecule has 20 heavy (non-hydrogen) atoms. The molecule has 1 N–H and O–H groups in total. The van der Waals surface area contributed by atoms with E-state index in [1.54, 1.807) is 6.33 Å². The first-order chi connectivity index (χ1) is 9.49. The molecule has 0 unspecified atom stereocenters. The Kier molecular flexibility index (Phi) is 3.30. The number of nitrogens with one attached hydrogen (secondary N) is 1. The first-order valence-electron chi connectivity index (χ1n) is 7.24. The minimum Gasteiger partial charge on any atom is -0.334 e. The molecule has 0 atom stereocenters. The lowest BCUT2D eigenvalue weighted by molar-refractivity contribution is 0.0306. The second-order valence-electron chi connectivity index (χ2n) is 6.37. The number of piperazine rings is 1. The van der Waals surface area contributed by atoms with E-state index in [4.69, 9.17) is 0 Å². The van der Waals surface area contributed by atoms with Crippen LogP contribution in [0.2, 0.25) is 0 Å². The van der Waals surface area contributed by atoms with Gasteiger partial charge < -0.3 is 14.8 Å². The van der Waals surface area contributed by atoms with Gasteiger partial charge in [-0.3, -0.25) is 9.69 Å². The lowest BCUT2D eigenvalue weighted by atomic mass is 9.99. The second-order valence-corrected chi connectivity index (χ2v) is 6.37. The second kappa shape index (κ2) is 4.86. The molecule has 0 spiro atoms. The monoisotopic (exact) mass is 277 g/mol. The van der Waals surface area contributed by atoms with E-state index in [-0.39, 0.29) is 11.4 Å². The van der Waals surface area contributed by atoms with Crippen molar-refractivity contribution in [1.29, 1.82) is 0 Å². The van der Waals surface area contributed by atoms with Crippen LogP contribution in [0.1, 0.15) is 30.0 Å². The van der Waals surface area contributed by atoms with Crippen LogP contribution in [-0.2, 0) is 13.1 Å². The van der Waals surface area contributed by atoms with E-state index >= 15 is 0 Å². The summed E-state index contributed by atoms with van der Waals surface area (Å²) in [5.41, 5.74) is 1.67. The number of aromatic nitrogens is 2. The van der Waals surface area contributed by atoms with Crippen LogP contribution in [-0.4, -0.2) is 64.0 Å². The topological polar surface area (TPSA) is 53.4 Å². The molecule has 1 fully saturated rings. The maximum atomic E-state index is 12.7. The minimum atomic E-state index is 0.0198. The number of imidazole rings is 1. The van der Waals surface area contributed by atoms with Crippen LogP contribution in [0.5, 0.6) is 0 Å². The van der Waals surface area contributed by atoms with E-state index in [0.717, 1.165) is 45.0 Å². The summed E-state index contributed by atoms with van der Waals surface area (Å²) in [5.74, 6) is 0.0728. The first kappa shape index (κ1) is 13.6. The number of hydrogen-bond acceptors (Lipinski definition) is 4. The average Bonchev–Trinajstić information content (AvgIpc) is 2.85. The van der Waals surface area contributed by atoms with E-state index < -0.39 is 0 Å². The van der Waals surface area contributed by atoms with Gasteiger partial charge in [-0.15, -0.1) is 0 Å². The van der Waals surface area contributed by atoms with Crippen LogP contribution >= 0.6 is 0 Å². The third-order valence-electron chi connectivity index (χ3n) is 4.57. The number of hydrogen-bond donors (Lipinski definition) is 1. The highest BCUT2D eigenvalue weighted by molar-refractivity contribution is 5.93. The lowest BCUT2D eigenvalue weighted by Crippen LogP contribution is -2.59. The summed E-state index contributed by atoms with van der Waals surface area (Å²) in [7, 11) is 2.12. The van der Waals surface area contributed by atoms with Gasteiger partial charge in [0.05, 0.1) is 12.0 Å². The zero-order chi connectivity index (χ0) is 14.3. The number of nitrogens with zero attached hydrogens (tertiary/aromatic N) is 4. The Morgan fingerprint density at radius 2 is 2.15 bits per heavy atom. The van der Waals surface area contributed by atoms with Crippen LogP contribution < -0.4 is 5.32 Å². The standard InChI is InChI=1S/C14H23N5O/c1-14(2)9-18(7-6-17(14)3)13(20)12-11-8-15-4-5-19(11)10-16-12/h10,15H,4-9H2,1-3H3. The van der Waals surface area contributed by atoms with Gasteiger partial charge in [0, 0.05) is 44.8 Å². The summed E-state index contributed by atoms with van der Waals surface area (Å²) in [6.07, 6.45) is 1.80. The van der Waals surface area contributed by atoms with Crippen molar-refractivity contribution < 1.29 is 4.79 Å². The van der Waals surface area contributed by atoms with Crippen LogP contribution in [0.15, 0.2) is 6.33 Å². The molecule has 1 aromatic heterocycles. The molecule has 0 saturated carbocycles. The van der Waals surface area contributed by atoms with Gasteiger partial charge in [-0.1, -0.05) is 0 Å². The van der Waals surface area contributed by atoms with Gasteiger partial charge in [0.2, 0.25) is 0 Å². The fourth-order valence-electron chi connectivity index (χ4n) is 2.93. The highest BCUT2D eigenvalue weighted by Gasteiger charge is 2.35. The molecule has 0 aromatic carbocycles. The molecule has 0 bridgehead atoms. The first-order valence-corrected chi connectivity index (χ1v) is 7.24. The Hall–Kier alpha value is -1.40. The van der Waals surface area contributed by atoms with E-state index in [1.807, 2.05) is 4.90 Å². The summed E-state index contributed by atoms with van der Waals surface area (Å²) < 4.78 is 2.09. The van der Waals surface area contributed by atoms with Crippen molar-refractivity contribution in [3.05, 3.63) is 17.7 Å². The van der Waals surface area contributed by atoms with Crippen molar-refractivity contribution in [3.8, 4) is 0 Å². The summed E-state index contributed by atoms with van der Waals surface area (Å²) in [5, 5.41) is 3.31. The molecule has 0 aliphatic carbocycles. The Balaban J connectivity index is 1.81. The van der Waals surface area contributed by atoms with E-state index in [0.29, 0.717) is 5.69 Å². The molecule has 0 radical (unpaired) electrons. The summed E-state index contributed by atoms with van der Waals surface area (Å²) in [6.45, 7) is 9.36. The van der Waals surface area contributed by atoms with Crippen LogP contribution in [0.25, 0.3) is 0 Å². The molecule has 1 saturated heterocycles. The highest BCUT2D eigenvalue weighted by Crippen LogP contribution is 2.21. The fourth-order valence-corrected chi connectivity index (χ4v) is 2.93. The molecular weight excluding hydrogens is 254 g/mol. The summed E-state index contributed by atoms with van der Waals surface area (Å²) in [4.78, 5) is 21.3. The molecule has 1 aromatic rings. The molecular formula is C14H23N5O. The molecule has 6 nitrogen and oxygen atoms in total. The normalized spacial score (nSPS) is 22.6. The number of rotatable bonds is 1. The molecule has 2 aliphatic rings. The fraction of sp³-hybridized carbons (Fsp3) is 0.714. The third-order valence-corrected chi connectivity index (χ3v) is 4.57. The van der Waals surface area contributed by atoms with E-state index in [2.05, 4.69) is 40.7 Å². The molecule has 3 rings (SSSR count). The Morgan fingerprint density at radius 3 is 2.90 bits per heavy atom. The molecule has 3 heterocycles. The largest absolute Gasteiger partial charge is 0.334 e. The number of carbonyl (C=O) groups excluding carboxylic acids is 1. The van der Waals surface area contributed by atoms with Gasteiger partial charge in [0.1, 0.15) is 0 Å². The van der Waals surface area contributed by atoms with Gasteiger partial charge in [-0.2, -0.15) is 0 Å². The maximum absolute atomic E-state index is 12.7. The number of fused-ring (bicyclic) bond motifs is 1. The quantitative estimate of drug-likeness (QED) is 0.794. The van der Waals surface area contributed by atoms with Crippen molar-refractivity contribution in [2.24, 2.45) is 0 Å². The lowest BCUT2D eigenvalue weighted by Gasteiger charge is -2.45. The molecule has 6 heteroatoms. The van der Waals surface area contributed by atoms with Gasteiger partial charge in [0.25, 0.3) is 5.91 Å². The predicted molar refractivity (Wildman–Crippen MR) is 76.5 cm³/mol. The van der Waals surface area contributed by atoms with Crippen LogP contribution in [0.3, 0.4) is 0 Å². The van der Waals surface area contributed by atoms with E-state index in [9.17, 15) is 4.79 Å². The van der Waals surface area contributed by atoms with Crippen molar-refractivity contribution >= 4 is 5.91 Å². The van der Waals surface area contributed by atoms with Crippen LogP contribution in [0, 0.1) is 0 Å². The van der Waals surface area contributed by atoms with Crippen molar-refractivity contribution in [3.63, 3.8) is 0 Å². The summed E-state index contributed by atoms with van der Waals surface area (Å²) >= 11 is 0. The summed E-state index contributed by atoms with van der Waals surface area (Å²) in [6, 6.07) is 0. The Labute approximate surface area is 119 Å². The Bertz CT molecular complexity index is 522. The predicted octanol–water partition coefficient (Wildman–Crippen LogP) is 0.153. The molecule has 1 amide bonds. The molecule has 2 aliphatic heterocycles. The van der Waals surface area contributed by atoms with Gasteiger partial charge in [-0.25, -0.2) is 4.98 Å². The zero-order valence-corrected chi connectivity index (χ0v) is 12.5. The maximum Gasteiger partial charge on any atom is 0.274 e. The third kappa shape index (κ3) is 2.23. The van der Waals surface area contributed by atoms with Crippen LogP contribution in [0.4, 0.5) is 0 Å². The number of carbonyl (C=O) groups is 1. The van der Waals surface area contributed by atoms with Gasteiger partial charge >= 0.3 is 0 Å². The molecule has 110 valence electrons. The van der Waals surface area contributed by atoms with Gasteiger partial charge in [-0.05, 0) is 20.9 Å². The minimum absolute atomic E-state index is 0.0198. The number of likely N-dealkylation sites (N-methyl/N-ethyl adjacent to an activating group) is 1. The van der Waals surface area contributed by atoms with E-state index in [1.165, 1.54) is 0 Å². The van der Waals surface area contributed by atoms with Gasteiger partial charge in [0.15, 0.2) is 5.69 Å². The Morgan fingerprint density at radius 1 is 1.35 bits per heavy atom. The van der Waals surface area contributed by atoms with Crippen molar-refractivity contribution in [1.82, 2.24) is 24.7 Å².